The molecule has 0 N–H and O–H groups in total. The normalized spacial score (nSPS) is 16.0. The van der Waals surface area contributed by atoms with E-state index in [1.54, 1.807) is 13.3 Å². The van der Waals surface area contributed by atoms with E-state index in [1.165, 1.54) is 0 Å². The second-order valence-electron chi connectivity index (χ2n) is 6.21. The maximum absolute atomic E-state index is 5.63. The van der Waals surface area contributed by atoms with Crippen LogP contribution < -0.4 is 15.3 Å². The highest BCUT2D eigenvalue weighted by atomic mass is 16.6. The fourth-order valence-corrected chi connectivity index (χ4v) is 3.27. The Bertz CT molecular complexity index is 1090. The molecular weight excluding hydrogens is 326 g/mol. The molecule has 5 heteroatoms. The molecule has 0 atom stereocenters. The van der Waals surface area contributed by atoms with E-state index in [0.717, 1.165) is 50.1 Å². The van der Waals surface area contributed by atoms with E-state index >= 15 is 0 Å². The first-order valence-electron chi connectivity index (χ1n) is 8.45. The van der Waals surface area contributed by atoms with Crippen molar-refractivity contribution in [1.29, 1.82) is 0 Å². The molecule has 0 saturated carbocycles. The van der Waals surface area contributed by atoms with Gasteiger partial charge in [0.25, 0.3) is 0 Å². The summed E-state index contributed by atoms with van der Waals surface area (Å²) in [5.74, 6) is 0.840. The number of hydrogen-bond acceptors (Lipinski definition) is 5. The van der Waals surface area contributed by atoms with Crippen LogP contribution in [0.25, 0.3) is 5.57 Å². The van der Waals surface area contributed by atoms with E-state index in [9.17, 15) is 0 Å². The highest BCUT2D eigenvalue weighted by Gasteiger charge is 2.19. The number of aryl methyl sites for hydroxylation is 1. The standard InChI is InChI=1S/C21H19N3O2/c1-13-11-22-19(14(2)21(13)25-3)12-26-24-18-10-6-9-17-20(18)15-7-4-5-8-16(15)23-17/h4-11H,12H2,1-3H3. The molecule has 0 spiro atoms. The van der Waals surface area contributed by atoms with Crippen LogP contribution in [0, 0.1) is 13.8 Å². The predicted octanol–water partition coefficient (Wildman–Crippen LogP) is 2.52. The zero-order valence-electron chi connectivity index (χ0n) is 15.0. The SMILES string of the molecule is COc1c(C)cnc(CON=C2C=CC=C3N=c4ccccc4=C32)c1C. The van der Waals surface area contributed by atoms with E-state index in [4.69, 9.17) is 9.57 Å². The molecule has 0 saturated heterocycles. The number of aromatic nitrogens is 1. The Morgan fingerprint density at radius 2 is 2.00 bits per heavy atom. The summed E-state index contributed by atoms with van der Waals surface area (Å²) in [5, 5.41) is 6.39. The summed E-state index contributed by atoms with van der Waals surface area (Å²) >= 11 is 0. The largest absolute Gasteiger partial charge is 0.496 e. The zero-order valence-corrected chi connectivity index (χ0v) is 15.0. The van der Waals surface area contributed by atoms with Crippen LogP contribution in [-0.4, -0.2) is 17.8 Å². The maximum atomic E-state index is 5.63. The van der Waals surface area contributed by atoms with Gasteiger partial charge in [-0.2, -0.15) is 0 Å². The minimum absolute atomic E-state index is 0.283. The van der Waals surface area contributed by atoms with Crippen molar-refractivity contribution in [3.05, 3.63) is 81.8 Å². The van der Waals surface area contributed by atoms with Crippen LogP contribution in [0.5, 0.6) is 5.75 Å². The number of methoxy groups -OCH3 is 1. The lowest BCUT2D eigenvalue weighted by atomic mass is 10.0. The lowest BCUT2D eigenvalue weighted by Gasteiger charge is -2.12. The van der Waals surface area contributed by atoms with Gasteiger partial charge in [-0.05, 0) is 32.1 Å². The Morgan fingerprint density at radius 1 is 1.15 bits per heavy atom. The smallest absolute Gasteiger partial charge is 0.159 e. The molecule has 2 heterocycles. The zero-order chi connectivity index (χ0) is 18.1. The fraction of sp³-hybridized carbons (Fsp3) is 0.190. The van der Waals surface area contributed by atoms with Crippen molar-refractivity contribution in [2.45, 2.75) is 20.5 Å². The minimum Gasteiger partial charge on any atom is -0.496 e. The Labute approximate surface area is 151 Å². The summed E-state index contributed by atoms with van der Waals surface area (Å²) < 4.78 is 5.44. The van der Waals surface area contributed by atoms with Crippen molar-refractivity contribution in [2.75, 3.05) is 7.11 Å². The Morgan fingerprint density at radius 3 is 2.85 bits per heavy atom. The van der Waals surface area contributed by atoms with Crippen LogP contribution in [0.15, 0.2) is 64.5 Å². The molecule has 26 heavy (non-hydrogen) atoms. The highest BCUT2D eigenvalue weighted by Crippen LogP contribution is 2.25. The number of ether oxygens (including phenoxy) is 1. The molecule has 130 valence electrons. The molecule has 0 amide bonds. The topological polar surface area (TPSA) is 56.1 Å². The number of pyridine rings is 1. The van der Waals surface area contributed by atoms with Gasteiger partial charge in [0.2, 0.25) is 0 Å². The van der Waals surface area contributed by atoms with Crippen molar-refractivity contribution in [1.82, 2.24) is 4.98 Å². The molecule has 0 unspecified atom stereocenters. The second kappa shape index (κ2) is 6.59. The number of para-hydroxylation sites is 1. The summed E-state index contributed by atoms with van der Waals surface area (Å²) in [4.78, 5) is 14.7. The third-order valence-electron chi connectivity index (χ3n) is 4.55. The van der Waals surface area contributed by atoms with Crippen LogP contribution in [0.2, 0.25) is 0 Å². The summed E-state index contributed by atoms with van der Waals surface area (Å²) in [6, 6.07) is 8.06. The number of nitrogens with zero attached hydrogens (tertiary/aromatic N) is 3. The predicted molar refractivity (Wildman–Crippen MR) is 100 cm³/mol. The van der Waals surface area contributed by atoms with Gasteiger partial charge in [-0.15, -0.1) is 0 Å². The van der Waals surface area contributed by atoms with Gasteiger partial charge in [-0.25, -0.2) is 4.99 Å². The van der Waals surface area contributed by atoms with Gasteiger partial charge in [-0.1, -0.05) is 29.4 Å². The monoisotopic (exact) mass is 345 g/mol. The van der Waals surface area contributed by atoms with E-state index < -0.39 is 0 Å². The summed E-state index contributed by atoms with van der Waals surface area (Å²) in [7, 11) is 1.67. The van der Waals surface area contributed by atoms with Crippen LogP contribution in [0.3, 0.4) is 0 Å². The highest BCUT2D eigenvalue weighted by molar-refractivity contribution is 6.30. The molecule has 1 aliphatic carbocycles. The number of rotatable bonds is 4. The first-order valence-corrected chi connectivity index (χ1v) is 8.45. The Balaban J connectivity index is 1.62. The Kier molecular flexibility index (Phi) is 4.13. The van der Waals surface area contributed by atoms with E-state index in [1.807, 2.05) is 50.3 Å². The van der Waals surface area contributed by atoms with Gasteiger partial charge in [0.05, 0.1) is 23.9 Å². The quantitative estimate of drug-likeness (QED) is 0.800. The van der Waals surface area contributed by atoms with Crippen molar-refractivity contribution in [3.8, 4) is 5.75 Å². The lowest BCUT2D eigenvalue weighted by Crippen LogP contribution is -2.24. The first kappa shape index (κ1) is 16.3. The second-order valence-corrected chi connectivity index (χ2v) is 6.21. The third kappa shape index (κ3) is 2.71. The average Bonchev–Trinajstić information content (AvgIpc) is 3.03. The van der Waals surface area contributed by atoms with Crippen molar-refractivity contribution >= 4 is 11.3 Å². The van der Waals surface area contributed by atoms with Crippen molar-refractivity contribution in [3.63, 3.8) is 0 Å². The van der Waals surface area contributed by atoms with Crippen LogP contribution in [0.4, 0.5) is 0 Å². The molecule has 0 radical (unpaired) electrons. The molecule has 2 aromatic rings. The van der Waals surface area contributed by atoms with Gasteiger partial charge in [0.15, 0.2) is 6.61 Å². The summed E-state index contributed by atoms with van der Waals surface area (Å²) in [6.45, 7) is 4.24. The number of hydrogen-bond donors (Lipinski definition) is 0. The van der Waals surface area contributed by atoms with Crippen LogP contribution >= 0.6 is 0 Å². The molecule has 1 aromatic carbocycles. The Hall–Kier alpha value is -3.21. The van der Waals surface area contributed by atoms with E-state index in [-0.39, 0.29) is 6.61 Å². The number of benzene rings is 1. The van der Waals surface area contributed by atoms with Gasteiger partial charge in [-0.3, -0.25) is 4.98 Å². The molecule has 2 aliphatic rings. The number of fused-ring (bicyclic) bond motifs is 2. The maximum Gasteiger partial charge on any atom is 0.159 e. The van der Waals surface area contributed by atoms with Crippen molar-refractivity contribution < 1.29 is 9.57 Å². The van der Waals surface area contributed by atoms with Gasteiger partial charge in [0.1, 0.15) is 11.5 Å². The van der Waals surface area contributed by atoms with E-state index in [2.05, 4.69) is 21.2 Å². The molecule has 5 nitrogen and oxygen atoms in total. The molecular formula is C21H19N3O2. The fourth-order valence-electron chi connectivity index (χ4n) is 3.27. The third-order valence-corrected chi connectivity index (χ3v) is 4.55. The summed E-state index contributed by atoms with van der Waals surface area (Å²) in [6.07, 6.45) is 7.66. The van der Waals surface area contributed by atoms with Gasteiger partial charge < -0.3 is 9.57 Å². The molecule has 0 bridgehead atoms. The average molecular weight is 345 g/mol. The van der Waals surface area contributed by atoms with Crippen molar-refractivity contribution in [2.24, 2.45) is 10.1 Å². The molecule has 4 rings (SSSR count). The molecule has 1 aliphatic heterocycles. The van der Waals surface area contributed by atoms with Crippen LogP contribution in [-0.2, 0) is 11.4 Å². The number of oxime groups is 1. The minimum atomic E-state index is 0.283. The van der Waals surface area contributed by atoms with Gasteiger partial charge in [0, 0.05) is 28.1 Å². The lowest BCUT2D eigenvalue weighted by molar-refractivity contribution is 0.127. The molecule has 0 fully saturated rings. The first-order chi connectivity index (χ1) is 12.7. The number of allylic oxidation sites excluding steroid dienone is 4. The van der Waals surface area contributed by atoms with Crippen LogP contribution in [0.1, 0.15) is 16.8 Å². The summed E-state index contributed by atoms with van der Waals surface area (Å²) in [5.41, 5.74) is 5.49. The van der Waals surface area contributed by atoms with E-state index in [0.29, 0.717) is 0 Å². The van der Waals surface area contributed by atoms with Gasteiger partial charge >= 0.3 is 0 Å². The molecule has 1 aromatic heterocycles.